The van der Waals surface area contributed by atoms with Crippen LogP contribution >= 0.6 is 0 Å². The van der Waals surface area contributed by atoms with Crippen molar-refractivity contribution >= 4 is 17.7 Å². The fourth-order valence-corrected chi connectivity index (χ4v) is 4.20. The molecule has 0 bridgehead atoms. The van der Waals surface area contributed by atoms with Crippen LogP contribution in [-0.2, 0) is 11.3 Å². The lowest BCUT2D eigenvalue weighted by molar-refractivity contribution is 0.0601. The molecule has 0 unspecified atom stereocenters. The molecule has 0 aliphatic carbocycles. The summed E-state index contributed by atoms with van der Waals surface area (Å²) in [5.41, 5.74) is 8.78. The van der Waals surface area contributed by atoms with Crippen LogP contribution in [-0.4, -0.2) is 77.8 Å². The fraction of sp³-hybridized carbons (Fsp3) is 0.346. The first-order valence-corrected chi connectivity index (χ1v) is 11.8. The molecular weight excluding hydrogens is 444 g/mol. The molecule has 1 fully saturated rings. The molecule has 3 aromatic rings. The van der Waals surface area contributed by atoms with Gasteiger partial charge in [-0.25, -0.2) is 9.48 Å². The number of nitrogens with two attached hydrogens (primary N) is 1. The quantitative estimate of drug-likeness (QED) is 0.360. The summed E-state index contributed by atoms with van der Waals surface area (Å²) in [7, 11) is 1.29. The van der Waals surface area contributed by atoms with Gasteiger partial charge in [-0.3, -0.25) is 9.69 Å². The fourth-order valence-electron chi connectivity index (χ4n) is 4.20. The molecule has 2 heterocycles. The van der Waals surface area contributed by atoms with E-state index in [9.17, 15) is 9.59 Å². The lowest BCUT2D eigenvalue weighted by atomic mass is 10.2. The molecule has 3 N–H and O–H groups in total. The summed E-state index contributed by atoms with van der Waals surface area (Å²) < 4.78 is 6.14. The minimum absolute atomic E-state index is 0.118. The van der Waals surface area contributed by atoms with Crippen LogP contribution in [0.25, 0.3) is 5.69 Å². The summed E-state index contributed by atoms with van der Waals surface area (Å²) in [6.45, 7) is 6.83. The Bertz CT molecular complexity index is 1120. The van der Waals surface area contributed by atoms with E-state index in [-0.39, 0.29) is 17.3 Å². The second-order valence-electron chi connectivity index (χ2n) is 8.61. The second kappa shape index (κ2) is 11.6. The Labute approximate surface area is 205 Å². The van der Waals surface area contributed by atoms with Gasteiger partial charge in [0.15, 0.2) is 0 Å². The van der Waals surface area contributed by atoms with Gasteiger partial charge < -0.3 is 20.7 Å². The van der Waals surface area contributed by atoms with E-state index in [1.54, 1.807) is 24.3 Å². The molecule has 35 heavy (non-hydrogen) atoms. The Balaban J connectivity index is 1.18. The number of amides is 1. The molecule has 0 radical (unpaired) electrons. The van der Waals surface area contributed by atoms with Crippen LogP contribution in [0.2, 0.25) is 0 Å². The number of hydrogen-bond acceptors (Lipinski definition) is 7. The number of hydrogen-bond donors (Lipinski definition) is 2. The molecule has 1 aliphatic rings. The van der Waals surface area contributed by atoms with Gasteiger partial charge in [-0.1, -0.05) is 30.3 Å². The Morgan fingerprint density at radius 2 is 1.69 bits per heavy atom. The first kappa shape index (κ1) is 24.4. The number of rotatable bonds is 9. The SMILES string of the molecule is COC(=O)c1cnn(-c2ccc(C(=O)NCCCN3CCN(Cc4ccccc4)CC3)cc2)c1N. The zero-order chi connectivity index (χ0) is 24.6. The normalized spacial score (nSPS) is 14.5. The van der Waals surface area contributed by atoms with E-state index in [0.29, 0.717) is 17.8 Å². The van der Waals surface area contributed by atoms with E-state index >= 15 is 0 Å². The first-order chi connectivity index (χ1) is 17.0. The molecule has 2 aromatic carbocycles. The average Bonchev–Trinajstić information content (AvgIpc) is 3.29. The summed E-state index contributed by atoms with van der Waals surface area (Å²) >= 11 is 0. The van der Waals surface area contributed by atoms with Crippen LogP contribution in [0.4, 0.5) is 5.82 Å². The maximum absolute atomic E-state index is 12.5. The summed E-state index contributed by atoms with van der Waals surface area (Å²) in [5.74, 6) is -0.471. The van der Waals surface area contributed by atoms with E-state index in [0.717, 1.165) is 45.7 Å². The molecule has 0 atom stereocenters. The molecular formula is C26H32N6O3. The van der Waals surface area contributed by atoms with Crippen molar-refractivity contribution in [1.82, 2.24) is 24.9 Å². The number of piperazine rings is 1. The predicted molar refractivity (Wildman–Crippen MR) is 134 cm³/mol. The highest BCUT2D eigenvalue weighted by molar-refractivity contribution is 5.95. The molecule has 1 saturated heterocycles. The van der Waals surface area contributed by atoms with Crippen LogP contribution in [0.5, 0.6) is 0 Å². The Morgan fingerprint density at radius 1 is 1.00 bits per heavy atom. The summed E-state index contributed by atoms with van der Waals surface area (Å²) in [4.78, 5) is 29.2. The highest BCUT2D eigenvalue weighted by Gasteiger charge is 2.18. The van der Waals surface area contributed by atoms with Crippen molar-refractivity contribution in [2.75, 3.05) is 52.1 Å². The molecule has 1 aromatic heterocycles. The number of methoxy groups -OCH3 is 1. The summed E-state index contributed by atoms with van der Waals surface area (Å²) in [6.07, 6.45) is 2.27. The maximum Gasteiger partial charge on any atom is 0.343 e. The third kappa shape index (κ3) is 6.26. The van der Waals surface area contributed by atoms with Gasteiger partial charge in [0.05, 0.1) is 19.0 Å². The number of nitrogens with zero attached hydrogens (tertiary/aromatic N) is 4. The van der Waals surface area contributed by atoms with Crippen LogP contribution in [0.3, 0.4) is 0 Å². The lowest BCUT2D eigenvalue weighted by Gasteiger charge is -2.34. The third-order valence-electron chi connectivity index (χ3n) is 6.24. The molecule has 184 valence electrons. The zero-order valence-electron chi connectivity index (χ0n) is 20.0. The zero-order valence-corrected chi connectivity index (χ0v) is 20.0. The number of benzene rings is 2. The minimum atomic E-state index is -0.543. The van der Waals surface area contributed by atoms with Gasteiger partial charge in [-0.05, 0) is 42.8 Å². The average molecular weight is 477 g/mol. The third-order valence-corrected chi connectivity index (χ3v) is 6.24. The number of anilines is 1. The molecule has 1 amide bonds. The smallest absolute Gasteiger partial charge is 0.343 e. The van der Waals surface area contributed by atoms with Gasteiger partial charge in [-0.2, -0.15) is 5.10 Å². The van der Waals surface area contributed by atoms with Crippen molar-refractivity contribution < 1.29 is 14.3 Å². The Kier molecular flexibility index (Phi) is 8.12. The number of carbonyl (C=O) groups excluding carboxylic acids is 2. The highest BCUT2D eigenvalue weighted by Crippen LogP contribution is 2.18. The predicted octanol–water partition coefficient (Wildman–Crippen LogP) is 2.18. The van der Waals surface area contributed by atoms with Gasteiger partial charge in [0.1, 0.15) is 11.4 Å². The highest BCUT2D eigenvalue weighted by atomic mass is 16.5. The van der Waals surface area contributed by atoms with Crippen molar-refractivity contribution in [3.8, 4) is 5.69 Å². The van der Waals surface area contributed by atoms with Crippen LogP contribution in [0, 0.1) is 0 Å². The molecule has 0 spiro atoms. The molecule has 9 heteroatoms. The van der Waals surface area contributed by atoms with Crippen LogP contribution in [0.1, 0.15) is 32.7 Å². The van der Waals surface area contributed by atoms with Crippen molar-refractivity contribution in [1.29, 1.82) is 0 Å². The number of ether oxygens (including phenoxy) is 1. The van der Waals surface area contributed by atoms with Crippen molar-refractivity contribution in [3.05, 3.63) is 77.5 Å². The molecule has 0 saturated carbocycles. The van der Waals surface area contributed by atoms with Crippen molar-refractivity contribution in [2.24, 2.45) is 0 Å². The second-order valence-corrected chi connectivity index (χ2v) is 8.61. The monoisotopic (exact) mass is 476 g/mol. The first-order valence-electron chi connectivity index (χ1n) is 11.8. The summed E-state index contributed by atoms with van der Waals surface area (Å²) in [5, 5.41) is 7.14. The van der Waals surface area contributed by atoms with Crippen molar-refractivity contribution in [2.45, 2.75) is 13.0 Å². The molecule has 1 aliphatic heterocycles. The van der Waals surface area contributed by atoms with Gasteiger partial charge >= 0.3 is 5.97 Å². The Morgan fingerprint density at radius 3 is 2.37 bits per heavy atom. The molecule has 4 rings (SSSR count). The number of carbonyl (C=O) groups is 2. The van der Waals surface area contributed by atoms with E-state index in [4.69, 9.17) is 10.5 Å². The Hall–Kier alpha value is -3.69. The molecule has 9 nitrogen and oxygen atoms in total. The van der Waals surface area contributed by atoms with E-state index in [1.165, 1.54) is 23.6 Å². The van der Waals surface area contributed by atoms with Gasteiger partial charge in [0.2, 0.25) is 0 Å². The standard InChI is InChI=1S/C26H32N6O3/c1-35-26(34)23-18-29-32(24(23)27)22-10-8-21(9-11-22)25(33)28-12-5-13-30-14-16-31(17-15-30)19-20-6-3-2-4-7-20/h2-4,6-11,18H,5,12-17,19,27H2,1H3,(H,28,33). The number of esters is 1. The van der Waals surface area contributed by atoms with Gasteiger partial charge in [0, 0.05) is 44.8 Å². The topological polar surface area (TPSA) is 106 Å². The van der Waals surface area contributed by atoms with Gasteiger partial charge in [0.25, 0.3) is 5.91 Å². The van der Waals surface area contributed by atoms with E-state index in [2.05, 4.69) is 50.5 Å². The van der Waals surface area contributed by atoms with E-state index < -0.39 is 5.97 Å². The minimum Gasteiger partial charge on any atom is -0.465 e. The largest absolute Gasteiger partial charge is 0.465 e. The lowest BCUT2D eigenvalue weighted by Crippen LogP contribution is -2.46. The number of nitrogens with one attached hydrogen (secondary N) is 1. The maximum atomic E-state index is 12.5. The van der Waals surface area contributed by atoms with E-state index in [1.807, 2.05) is 0 Å². The number of nitrogen functional groups attached to an aromatic ring is 1. The van der Waals surface area contributed by atoms with Gasteiger partial charge in [-0.15, -0.1) is 0 Å². The number of aromatic nitrogens is 2. The van der Waals surface area contributed by atoms with Crippen molar-refractivity contribution in [3.63, 3.8) is 0 Å². The van der Waals surface area contributed by atoms with Crippen LogP contribution < -0.4 is 11.1 Å². The summed E-state index contributed by atoms with van der Waals surface area (Å²) in [6, 6.07) is 17.5. The van der Waals surface area contributed by atoms with Crippen LogP contribution in [0.15, 0.2) is 60.8 Å².